The van der Waals surface area contributed by atoms with Gasteiger partial charge in [-0.25, -0.2) is 4.98 Å². The molecule has 0 atom stereocenters. The Kier molecular flexibility index (Phi) is 4.69. The van der Waals surface area contributed by atoms with E-state index in [9.17, 15) is 4.79 Å². The van der Waals surface area contributed by atoms with E-state index in [2.05, 4.69) is 9.97 Å². The second-order valence-electron chi connectivity index (χ2n) is 3.75. The van der Waals surface area contributed by atoms with E-state index in [0.717, 1.165) is 5.56 Å². The standard InChI is InChI=1S/C12H11ClN4O.ClH/c1-6(18)10-9(11(14)17-12(15)16-10)7-2-4-8(13)5-3-7;/h2-5H,1H3,(H4,14,15,16,17);1H. The second kappa shape index (κ2) is 5.86. The summed E-state index contributed by atoms with van der Waals surface area (Å²) < 4.78 is 0. The lowest BCUT2D eigenvalue weighted by Crippen LogP contribution is -2.09. The highest BCUT2D eigenvalue weighted by molar-refractivity contribution is 6.30. The number of Topliss-reactive ketones (excluding diaryl/α,β-unsaturated/α-hetero) is 1. The van der Waals surface area contributed by atoms with Crippen LogP contribution in [0, 0.1) is 0 Å². The van der Waals surface area contributed by atoms with E-state index in [1.54, 1.807) is 24.3 Å². The third-order valence-electron chi connectivity index (χ3n) is 2.42. The summed E-state index contributed by atoms with van der Waals surface area (Å²) in [5.41, 5.74) is 12.7. The second-order valence-corrected chi connectivity index (χ2v) is 4.19. The number of nitrogens with two attached hydrogens (primary N) is 2. The van der Waals surface area contributed by atoms with Crippen molar-refractivity contribution in [2.75, 3.05) is 11.5 Å². The van der Waals surface area contributed by atoms with Crippen molar-refractivity contribution in [2.45, 2.75) is 6.92 Å². The van der Waals surface area contributed by atoms with Crippen LogP contribution in [0.3, 0.4) is 0 Å². The summed E-state index contributed by atoms with van der Waals surface area (Å²) in [6, 6.07) is 6.91. The van der Waals surface area contributed by atoms with Crippen molar-refractivity contribution in [2.24, 2.45) is 0 Å². The van der Waals surface area contributed by atoms with E-state index in [-0.39, 0.29) is 35.7 Å². The summed E-state index contributed by atoms with van der Waals surface area (Å²) in [5, 5.41) is 0.595. The number of carbonyl (C=O) groups is 1. The van der Waals surface area contributed by atoms with Crippen molar-refractivity contribution < 1.29 is 4.79 Å². The Morgan fingerprint density at radius 3 is 2.26 bits per heavy atom. The Balaban J connectivity index is 0.00000180. The number of nitrogen functional groups attached to an aromatic ring is 2. The number of benzene rings is 1. The van der Waals surface area contributed by atoms with Gasteiger partial charge in [0.25, 0.3) is 0 Å². The highest BCUT2D eigenvalue weighted by Crippen LogP contribution is 2.29. The fourth-order valence-electron chi connectivity index (χ4n) is 1.65. The van der Waals surface area contributed by atoms with Gasteiger partial charge in [0.15, 0.2) is 5.78 Å². The lowest BCUT2D eigenvalue weighted by molar-refractivity contribution is 0.101. The van der Waals surface area contributed by atoms with Gasteiger partial charge in [0.1, 0.15) is 11.5 Å². The lowest BCUT2D eigenvalue weighted by atomic mass is 10.0. The summed E-state index contributed by atoms with van der Waals surface area (Å²) in [5.74, 6) is -0.0637. The van der Waals surface area contributed by atoms with Gasteiger partial charge in [0.2, 0.25) is 5.95 Å². The first kappa shape index (κ1) is 15.2. The molecule has 2 rings (SSSR count). The molecule has 0 radical (unpaired) electrons. The van der Waals surface area contributed by atoms with Crippen molar-refractivity contribution >= 4 is 41.6 Å². The van der Waals surface area contributed by atoms with Crippen LogP contribution < -0.4 is 11.5 Å². The van der Waals surface area contributed by atoms with Crippen LogP contribution in [0.25, 0.3) is 11.1 Å². The highest BCUT2D eigenvalue weighted by Gasteiger charge is 2.16. The van der Waals surface area contributed by atoms with Crippen molar-refractivity contribution in [1.29, 1.82) is 0 Å². The molecule has 19 heavy (non-hydrogen) atoms. The average molecular weight is 299 g/mol. The third-order valence-corrected chi connectivity index (χ3v) is 2.67. The van der Waals surface area contributed by atoms with E-state index in [0.29, 0.717) is 10.6 Å². The third kappa shape index (κ3) is 3.13. The summed E-state index contributed by atoms with van der Waals surface area (Å²) in [6.07, 6.45) is 0. The van der Waals surface area contributed by atoms with Gasteiger partial charge < -0.3 is 11.5 Å². The summed E-state index contributed by atoms with van der Waals surface area (Å²) in [6.45, 7) is 1.40. The Morgan fingerprint density at radius 2 is 1.74 bits per heavy atom. The summed E-state index contributed by atoms with van der Waals surface area (Å²) in [4.78, 5) is 19.4. The normalized spacial score (nSPS) is 9.79. The molecule has 0 fully saturated rings. The van der Waals surface area contributed by atoms with Gasteiger partial charge in [-0.2, -0.15) is 4.98 Å². The zero-order valence-electron chi connectivity index (χ0n) is 10.1. The monoisotopic (exact) mass is 298 g/mol. The Morgan fingerprint density at radius 1 is 1.16 bits per heavy atom. The van der Waals surface area contributed by atoms with E-state index in [1.807, 2.05) is 0 Å². The Hall–Kier alpha value is -1.85. The number of anilines is 2. The largest absolute Gasteiger partial charge is 0.383 e. The Labute approximate surface area is 121 Å². The molecule has 0 saturated carbocycles. The molecule has 2 aromatic rings. The first-order valence-electron chi connectivity index (χ1n) is 5.19. The van der Waals surface area contributed by atoms with Gasteiger partial charge in [-0.05, 0) is 17.7 Å². The smallest absolute Gasteiger partial charge is 0.222 e. The molecule has 0 aliphatic rings. The molecule has 0 unspecified atom stereocenters. The van der Waals surface area contributed by atoms with Gasteiger partial charge in [0.05, 0.1) is 5.56 Å². The van der Waals surface area contributed by atoms with Crippen LogP contribution in [0.4, 0.5) is 11.8 Å². The van der Waals surface area contributed by atoms with E-state index in [4.69, 9.17) is 23.1 Å². The van der Waals surface area contributed by atoms with Crippen molar-refractivity contribution in [3.63, 3.8) is 0 Å². The molecule has 0 spiro atoms. The molecule has 0 saturated heterocycles. The number of nitrogens with zero attached hydrogens (tertiary/aromatic N) is 2. The van der Waals surface area contributed by atoms with Crippen LogP contribution in [0.15, 0.2) is 24.3 Å². The number of ketones is 1. The molecule has 100 valence electrons. The summed E-state index contributed by atoms with van der Waals surface area (Å²) in [7, 11) is 0. The molecule has 0 aliphatic carbocycles. The molecule has 4 N–H and O–H groups in total. The number of halogens is 2. The number of hydrogen-bond donors (Lipinski definition) is 2. The SMILES string of the molecule is CC(=O)c1nc(N)nc(N)c1-c1ccc(Cl)cc1.Cl. The number of carbonyl (C=O) groups excluding carboxylic acids is 1. The molecule has 0 amide bonds. The van der Waals surface area contributed by atoms with Crippen molar-refractivity contribution in [3.05, 3.63) is 35.0 Å². The molecular weight excluding hydrogens is 287 g/mol. The van der Waals surface area contributed by atoms with Gasteiger partial charge in [-0.1, -0.05) is 23.7 Å². The highest BCUT2D eigenvalue weighted by atomic mass is 35.5. The minimum atomic E-state index is -0.222. The van der Waals surface area contributed by atoms with Crippen LogP contribution in [-0.4, -0.2) is 15.8 Å². The number of aromatic nitrogens is 2. The van der Waals surface area contributed by atoms with Crippen molar-refractivity contribution in [1.82, 2.24) is 9.97 Å². The zero-order chi connectivity index (χ0) is 13.3. The minimum Gasteiger partial charge on any atom is -0.383 e. The van der Waals surface area contributed by atoms with Crippen LogP contribution in [0.2, 0.25) is 5.02 Å². The maximum atomic E-state index is 11.6. The minimum absolute atomic E-state index is 0. The van der Waals surface area contributed by atoms with Gasteiger partial charge in [-0.15, -0.1) is 12.4 Å². The van der Waals surface area contributed by atoms with E-state index >= 15 is 0 Å². The van der Waals surface area contributed by atoms with Crippen LogP contribution >= 0.6 is 24.0 Å². The van der Waals surface area contributed by atoms with Crippen molar-refractivity contribution in [3.8, 4) is 11.1 Å². The quantitative estimate of drug-likeness (QED) is 0.831. The number of hydrogen-bond acceptors (Lipinski definition) is 5. The first-order valence-corrected chi connectivity index (χ1v) is 5.56. The maximum Gasteiger partial charge on any atom is 0.222 e. The maximum absolute atomic E-state index is 11.6. The fraction of sp³-hybridized carbons (Fsp3) is 0.0833. The van der Waals surface area contributed by atoms with Crippen LogP contribution in [0.1, 0.15) is 17.4 Å². The molecule has 0 aliphatic heterocycles. The molecule has 1 aromatic heterocycles. The lowest BCUT2D eigenvalue weighted by Gasteiger charge is -2.10. The van der Waals surface area contributed by atoms with E-state index in [1.165, 1.54) is 6.92 Å². The van der Waals surface area contributed by atoms with E-state index < -0.39 is 0 Å². The number of rotatable bonds is 2. The molecule has 1 aromatic carbocycles. The molecule has 0 bridgehead atoms. The van der Waals surface area contributed by atoms with Gasteiger partial charge >= 0.3 is 0 Å². The fourth-order valence-corrected chi connectivity index (χ4v) is 1.78. The Bertz CT molecular complexity index is 614. The van der Waals surface area contributed by atoms with Crippen LogP contribution in [-0.2, 0) is 0 Å². The molecule has 7 heteroatoms. The topological polar surface area (TPSA) is 94.9 Å². The van der Waals surface area contributed by atoms with Crippen LogP contribution in [0.5, 0.6) is 0 Å². The summed E-state index contributed by atoms with van der Waals surface area (Å²) >= 11 is 5.82. The predicted octanol–water partition coefficient (Wildman–Crippen LogP) is 2.59. The molecule has 1 heterocycles. The van der Waals surface area contributed by atoms with Gasteiger partial charge in [0, 0.05) is 11.9 Å². The van der Waals surface area contributed by atoms with Gasteiger partial charge in [-0.3, -0.25) is 4.79 Å². The zero-order valence-corrected chi connectivity index (χ0v) is 11.6. The predicted molar refractivity (Wildman–Crippen MR) is 78.6 cm³/mol. The average Bonchev–Trinajstić information content (AvgIpc) is 2.29. The molecular formula is C12H12Cl2N4O. The molecule has 5 nitrogen and oxygen atoms in total. The first-order chi connectivity index (χ1) is 8.49.